The minimum absolute atomic E-state index is 0.0808. The van der Waals surface area contributed by atoms with E-state index in [1.807, 2.05) is 81.4 Å². The van der Waals surface area contributed by atoms with Crippen molar-refractivity contribution < 1.29 is 4.79 Å². The van der Waals surface area contributed by atoms with Crippen LogP contribution in [0.5, 0.6) is 0 Å². The predicted molar refractivity (Wildman–Crippen MR) is 128 cm³/mol. The number of nitrogens with one attached hydrogen (secondary N) is 1. The molecule has 0 atom stereocenters. The third-order valence-electron chi connectivity index (χ3n) is 4.94. The minimum Gasteiger partial charge on any atom is -0.319 e. The van der Waals surface area contributed by atoms with Crippen LogP contribution in [0.15, 0.2) is 65.1 Å². The molecule has 0 radical (unpaired) electrons. The molecule has 0 saturated carbocycles. The fourth-order valence-electron chi connectivity index (χ4n) is 3.30. The van der Waals surface area contributed by atoms with Crippen LogP contribution >= 0.6 is 27.5 Å². The highest BCUT2D eigenvalue weighted by Crippen LogP contribution is 2.27. The lowest BCUT2D eigenvalue weighted by atomic mass is 10.1. The second kappa shape index (κ2) is 8.65. The molecule has 3 aromatic carbocycles. The summed E-state index contributed by atoms with van der Waals surface area (Å²) in [6, 6.07) is 19.1. The van der Waals surface area contributed by atoms with Gasteiger partial charge in [-0.2, -0.15) is 0 Å². The zero-order chi connectivity index (χ0) is 22.1. The first kappa shape index (κ1) is 21.3. The Kier molecular flexibility index (Phi) is 5.94. The fourth-order valence-corrected chi connectivity index (χ4v) is 3.74. The van der Waals surface area contributed by atoms with Gasteiger partial charge in [0.05, 0.1) is 5.69 Å². The number of benzene rings is 3. The third-order valence-corrected chi connectivity index (χ3v) is 5.71. The Bertz CT molecular complexity index is 1280. The number of aryl methyl sites for hydroxylation is 3. The van der Waals surface area contributed by atoms with Crippen LogP contribution in [0.1, 0.15) is 27.3 Å². The molecule has 0 unspecified atom stereocenters. The van der Waals surface area contributed by atoms with Gasteiger partial charge in [-0.1, -0.05) is 63.4 Å². The van der Waals surface area contributed by atoms with E-state index in [0.717, 1.165) is 38.1 Å². The van der Waals surface area contributed by atoms with Crippen LogP contribution in [-0.2, 0) is 0 Å². The molecule has 0 fully saturated rings. The van der Waals surface area contributed by atoms with Crippen molar-refractivity contribution in [1.29, 1.82) is 0 Å². The number of carbonyl (C=O) groups is 1. The molecule has 0 spiro atoms. The molecule has 5 nitrogen and oxygen atoms in total. The highest BCUT2D eigenvalue weighted by molar-refractivity contribution is 9.10. The molecule has 1 heterocycles. The first-order chi connectivity index (χ1) is 14.8. The molecule has 1 aromatic heterocycles. The summed E-state index contributed by atoms with van der Waals surface area (Å²) in [5.74, 6) is 0.268. The zero-order valence-corrected chi connectivity index (χ0v) is 19.6. The summed E-state index contributed by atoms with van der Waals surface area (Å²) in [7, 11) is 0. The fraction of sp³-hybridized carbons (Fsp3) is 0.125. The summed E-state index contributed by atoms with van der Waals surface area (Å²) in [6.07, 6.45) is 0. The Labute approximate surface area is 194 Å². The van der Waals surface area contributed by atoms with Crippen molar-refractivity contribution in [3.8, 4) is 17.1 Å². The molecule has 0 saturated heterocycles. The molecular formula is C24H20BrClN4O. The van der Waals surface area contributed by atoms with Crippen LogP contribution in [0.2, 0.25) is 5.02 Å². The Hall–Kier alpha value is -2.96. The number of anilines is 1. The SMILES string of the molecule is Cc1ccc(NC(=O)c2nc(-c3ccc(Br)cc3)n(-c3cc(Cl)ccc3C)n2)c(C)c1. The molecule has 4 aromatic rings. The average molecular weight is 496 g/mol. The predicted octanol–water partition coefficient (Wildman–Crippen LogP) is 6.53. The number of rotatable bonds is 4. The zero-order valence-electron chi connectivity index (χ0n) is 17.3. The summed E-state index contributed by atoms with van der Waals surface area (Å²) < 4.78 is 2.62. The van der Waals surface area contributed by atoms with E-state index >= 15 is 0 Å². The number of nitrogens with zero attached hydrogens (tertiary/aromatic N) is 3. The summed E-state index contributed by atoms with van der Waals surface area (Å²) in [5.41, 5.74) is 5.41. The lowest BCUT2D eigenvalue weighted by molar-refractivity contribution is 0.101. The van der Waals surface area contributed by atoms with E-state index in [0.29, 0.717) is 10.8 Å². The van der Waals surface area contributed by atoms with Crippen LogP contribution in [-0.4, -0.2) is 20.7 Å². The number of aromatic nitrogens is 3. The van der Waals surface area contributed by atoms with E-state index < -0.39 is 0 Å². The summed E-state index contributed by atoms with van der Waals surface area (Å²) >= 11 is 9.70. The summed E-state index contributed by atoms with van der Waals surface area (Å²) in [6.45, 7) is 5.94. The largest absolute Gasteiger partial charge is 0.319 e. The average Bonchev–Trinajstić information content (AvgIpc) is 3.18. The van der Waals surface area contributed by atoms with E-state index in [2.05, 4.69) is 31.3 Å². The maximum atomic E-state index is 13.0. The molecule has 7 heteroatoms. The number of carbonyl (C=O) groups excluding carboxylic acids is 1. The van der Waals surface area contributed by atoms with E-state index in [-0.39, 0.29) is 11.7 Å². The molecule has 1 N–H and O–H groups in total. The second-order valence-electron chi connectivity index (χ2n) is 7.38. The van der Waals surface area contributed by atoms with Crippen molar-refractivity contribution in [2.75, 3.05) is 5.32 Å². The molecule has 4 rings (SSSR count). The molecule has 0 aliphatic heterocycles. The molecule has 0 bridgehead atoms. The number of halogens is 2. The number of amides is 1. The number of hydrogen-bond acceptors (Lipinski definition) is 3. The topological polar surface area (TPSA) is 59.8 Å². The first-order valence-corrected chi connectivity index (χ1v) is 10.9. The molecular weight excluding hydrogens is 476 g/mol. The second-order valence-corrected chi connectivity index (χ2v) is 8.73. The summed E-state index contributed by atoms with van der Waals surface area (Å²) in [4.78, 5) is 17.6. The minimum atomic E-state index is -0.372. The quantitative estimate of drug-likeness (QED) is 0.350. The first-order valence-electron chi connectivity index (χ1n) is 9.70. The van der Waals surface area contributed by atoms with Crippen molar-refractivity contribution in [2.24, 2.45) is 0 Å². The normalized spacial score (nSPS) is 10.9. The third kappa shape index (κ3) is 4.55. The maximum Gasteiger partial charge on any atom is 0.295 e. The van der Waals surface area contributed by atoms with Gasteiger partial charge in [0.15, 0.2) is 5.82 Å². The number of hydrogen-bond donors (Lipinski definition) is 1. The Morgan fingerprint density at radius 2 is 1.71 bits per heavy atom. The van der Waals surface area contributed by atoms with Gasteiger partial charge in [-0.05, 0) is 62.2 Å². The lowest BCUT2D eigenvalue weighted by Crippen LogP contribution is -2.15. The van der Waals surface area contributed by atoms with Crippen molar-refractivity contribution >= 4 is 39.1 Å². The van der Waals surface area contributed by atoms with Gasteiger partial charge in [-0.15, -0.1) is 5.10 Å². The van der Waals surface area contributed by atoms with Gasteiger partial charge in [0.25, 0.3) is 5.91 Å². The van der Waals surface area contributed by atoms with Crippen LogP contribution in [0.4, 0.5) is 5.69 Å². The van der Waals surface area contributed by atoms with Crippen molar-refractivity contribution in [2.45, 2.75) is 20.8 Å². The molecule has 1 amide bonds. The molecule has 156 valence electrons. The van der Waals surface area contributed by atoms with Crippen molar-refractivity contribution in [3.63, 3.8) is 0 Å². The van der Waals surface area contributed by atoms with E-state index in [1.54, 1.807) is 4.68 Å². The van der Waals surface area contributed by atoms with Gasteiger partial charge < -0.3 is 5.32 Å². The standard InChI is InChI=1S/C24H20BrClN4O/c1-14-4-11-20(16(3)12-14)27-24(31)22-28-23(17-6-8-18(25)9-7-17)30(29-22)21-13-19(26)10-5-15(21)2/h4-13H,1-3H3,(H,27,31). The Morgan fingerprint density at radius 1 is 0.968 bits per heavy atom. The van der Waals surface area contributed by atoms with Crippen molar-refractivity contribution in [3.05, 3.63) is 92.7 Å². The van der Waals surface area contributed by atoms with Gasteiger partial charge in [-0.25, -0.2) is 9.67 Å². The molecule has 0 aliphatic rings. The van der Waals surface area contributed by atoms with Crippen molar-refractivity contribution in [1.82, 2.24) is 14.8 Å². The van der Waals surface area contributed by atoms with Gasteiger partial charge in [0.2, 0.25) is 5.82 Å². The lowest BCUT2D eigenvalue weighted by Gasteiger charge is -2.09. The smallest absolute Gasteiger partial charge is 0.295 e. The monoisotopic (exact) mass is 494 g/mol. The molecule has 0 aliphatic carbocycles. The van der Waals surface area contributed by atoms with Crippen LogP contribution in [0.25, 0.3) is 17.1 Å². The highest BCUT2D eigenvalue weighted by atomic mass is 79.9. The van der Waals surface area contributed by atoms with E-state index in [1.165, 1.54) is 0 Å². The molecule has 31 heavy (non-hydrogen) atoms. The highest BCUT2D eigenvalue weighted by Gasteiger charge is 2.20. The Morgan fingerprint density at radius 3 is 2.42 bits per heavy atom. The van der Waals surface area contributed by atoms with Crippen LogP contribution in [0.3, 0.4) is 0 Å². The maximum absolute atomic E-state index is 13.0. The van der Waals surface area contributed by atoms with Crippen LogP contribution in [0, 0.1) is 20.8 Å². The summed E-state index contributed by atoms with van der Waals surface area (Å²) in [5, 5.41) is 8.05. The van der Waals surface area contributed by atoms with E-state index in [4.69, 9.17) is 11.6 Å². The van der Waals surface area contributed by atoms with Gasteiger partial charge >= 0.3 is 0 Å². The van der Waals surface area contributed by atoms with Gasteiger partial charge in [-0.3, -0.25) is 4.79 Å². The van der Waals surface area contributed by atoms with E-state index in [9.17, 15) is 4.79 Å². The van der Waals surface area contributed by atoms with Gasteiger partial charge in [0, 0.05) is 20.7 Å². The Balaban J connectivity index is 1.80. The van der Waals surface area contributed by atoms with Gasteiger partial charge in [0.1, 0.15) is 0 Å². The van der Waals surface area contributed by atoms with Crippen LogP contribution < -0.4 is 5.32 Å².